The molecule has 2 rings (SSSR count). The van der Waals surface area contributed by atoms with E-state index in [1.54, 1.807) is 19.1 Å². The Bertz CT molecular complexity index is 597. The van der Waals surface area contributed by atoms with E-state index >= 15 is 0 Å². The number of nitrogens with zero attached hydrogens (tertiary/aromatic N) is 1. The molecule has 0 radical (unpaired) electrons. The number of hydrogen-bond acceptors (Lipinski definition) is 3. The van der Waals surface area contributed by atoms with Gasteiger partial charge in [-0.05, 0) is 50.7 Å². The van der Waals surface area contributed by atoms with Crippen LogP contribution in [-0.4, -0.2) is 48.2 Å². The number of para-hydroxylation sites is 1. The summed E-state index contributed by atoms with van der Waals surface area (Å²) in [7, 11) is 3.44. The first kappa shape index (κ1) is 19.1. The van der Waals surface area contributed by atoms with Crippen molar-refractivity contribution in [2.24, 2.45) is 5.92 Å². The molecule has 6 nitrogen and oxygen atoms in total. The first-order valence-corrected chi connectivity index (χ1v) is 8.80. The number of carboxylic acids is 1. The Balaban J connectivity index is 1.86. The summed E-state index contributed by atoms with van der Waals surface area (Å²) in [5.74, 6) is -0.169. The number of likely N-dealkylation sites (N-methyl/N-ethyl adjacent to an activating group) is 1. The van der Waals surface area contributed by atoms with Crippen molar-refractivity contribution < 1.29 is 19.4 Å². The van der Waals surface area contributed by atoms with Gasteiger partial charge in [-0.1, -0.05) is 18.2 Å². The predicted molar refractivity (Wildman–Crippen MR) is 95.8 cm³/mol. The summed E-state index contributed by atoms with van der Waals surface area (Å²) in [5, 5.41) is 12.1. The van der Waals surface area contributed by atoms with Crippen LogP contribution in [0.2, 0.25) is 0 Å². The molecule has 0 aromatic heterocycles. The Morgan fingerprint density at radius 3 is 2.52 bits per heavy atom. The quantitative estimate of drug-likeness (QED) is 0.828. The first-order chi connectivity index (χ1) is 11.9. The van der Waals surface area contributed by atoms with Crippen LogP contribution in [0.5, 0.6) is 5.75 Å². The second-order valence-corrected chi connectivity index (χ2v) is 6.81. The smallest absolute Gasteiger partial charge is 0.317 e. The van der Waals surface area contributed by atoms with Crippen LogP contribution >= 0.6 is 0 Å². The topological polar surface area (TPSA) is 78.9 Å². The molecular formula is C19H28N2O4. The molecule has 138 valence electrons. The van der Waals surface area contributed by atoms with Crippen molar-refractivity contribution in [2.75, 3.05) is 14.2 Å². The Kier molecular flexibility index (Phi) is 6.67. The van der Waals surface area contributed by atoms with Crippen molar-refractivity contribution >= 4 is 12.0 Å². The molecule has 1 aliphatic rings. The highest BCUT2D eigenvalue weighted by molar-refractivity contribution is 5.74. The van der Waals surface area contributed by atoms with Crippen molar-refractivity contribution in [3.05, 3.63) is 29.8 Å². The van der Waals surface area contributed by atoms with E-state index in [0.29, 0.717) is 19.3 Å². The number of hydrogen-bond donors (Lipinski definition) is 2. The molecule has 1 aromatic carbocycles. The lowest BCUT2D eigenvalue weighted by Gasteiger charge is -2.31. The minimum absolute atomic E-state index is 0.0201. The largest absolute Gasteiger partial charge is 0.496 e. The fraction of sp³-hybridized carbons (Fsp3) is 0.579. The number of amides is 2. The third kappa shape index (κ3) is 5.11. The Hall–Kier alpha value is -2.24. The molecule has 2 N–H and O–H groups in total. The molecule has 2 amide bonds. The molecule has 1 unspecified atom stereocenters. The zero-order chi connectivity index (χ0) is 18.4. The SMILES string of the molecule is COc1ccccc1CC(C)N(C)C(=O)NC1CCC(C(=O)O)CC1. The fourth-order valence-corrected chi connectivity index (χ4v) is 3.29. The lowest BCUT2D eigenvalue weighted by molar-refractivity contribution is -0.142. The highest BCUT2D eigenvalue weighted by atomic mass is 16.5. The van der Waals surface area contributed by atoms with Gasteiger partial charge in [-0.3, -0.25) is 4.79 Å². The van der Waals surface area contributed by atoms with Gasteiger partial charge >= 0.3 is 12.0 Å². The maximum Gasteiger partial charge on any atom is 0.317 e. The van der Waals surface area contributed by atoms with Gasteiger partial charge in [-0.15, -0.1) is 0 Å². The van der Waals surface area contributed by atoms with Crippen LogP contribution in [0, 0.1) is 5.92 Å². The average molecular weight is 348 g/mol. The van der Waals surface area contributed by atoms with Gasteiger partial charge in [-0.2, -0.15) is 0 Å². The van der Waals surface area contributed by atoms with Crippen LogP contribution in [0.4, 0.5) is 4.79 Å². The van der Waals surface area contributed by atoms with Crippen molar-refractivity contribution in [3.8, 4) is 5.75 Å². The number of carbonyl (C=O) groups is 2. The van der Waals surface area contributed by atoms with Crippen molar-refractivity contribution in [3.63, 3.8) is 0 Å². The summed E-state index contributed by atoms with van der Waals surface area (Å²) in [6.45, 7) is 2.01. The van der Waals surface area contributed by atoms with E-state index in [4.69, 9.17) is 9.84 Å². The molecule has 1 aliphatic carbocycles. The summed E-state index contributed by atoms with van der Waals surface area (Å²) in [5.41, 5.74) is 1.07. The lowest BCUT2D eigenvalue weighted by atomic mass is 9.86. The number of benzene rings is 1. The molecule has 1 fully saturated rings. The normalized spacial score (nSPS) is 21.2. The number of rotatable bonds is 6. The molecule has 0 saturated heterocycles. The number of aliphatic carboxylic acids is 1. The fourth-order valence-electron chi connectivity index (χ4n) is 3.29. The molecule has 0 bridgehead atoms. The van der Waals surface area contributed by atoms with Crippen molar-refractivity contribution in [1.29, 1.82) is 0 Å². The van der Waals surface area contributed by atoms with Gasteiger partial charge in [0.25, 0.3) is 0 Å². The van der Waals surface area contributed by atoms with Crippen LogP contribution in [-0.2, 0) is 11.2 Å². The molecular weight excluding hydrogens is 320 g/mol. The number of methoxy groups -OCH3 is 1. The summed E-state index contributed by atoms with van der Waals surface area (Å²) in [6.07, 6.45) is 3.40. The number of urea groups is 1. The maximum atomic E-state index is 12.5. The third-order valence-corrected chi connectivity index (χ3v) is 5.09. The van der Waals surface area contributed by atoms with Gasteiger partial charge in [0.05, 0.1) is 13.0 Å². The summed E-state index contributed by atoms with van der Waals surface area (Å²) in [6, 6.07) is 7.79. The molecule has 6 heteroatoms. The summed E-state index contributed by atoms with van der Waals surface area (Å²) in [4.78, 5) is 25.2. The standard InChI is InChI=1S/C19H28N2O4/c1-13(12-15-6-4-5-7-17(15)25-3)21(2)19(24)20-16-10-8-14(9-11-16)18(22)23/h4-7,13-14,16H,8-12H2,1-3H3,(H,20,24)(H,22,23). The van der Waals surface area contributed by atoms with Crippen molar-refractivity contribution in [1.82, 2.24) is 10.2 Å². The zero-order valence-electron chi connectivity index (χ0n) is 15.2. The van der Waals surface area contributed by atoms with E-state index in [1.807, 2.05) is 31.2 Å². The van der Waals surface area contributed by atoms with Crippen molar-refractivity contribution in [2.45, 2.75) is 51.1 Å². The molecule has 0 heterocycles. The van der Waals surface area contributed by atoms with E-state index in [9.17, 15) is 9.59 Å². The van der Waals surface area contributed by atoms with Crippen LogP contribution in [0.25, 0.3) is 0 Å². The van der Waals surface area contributed by atoms with E-state index in [-0.39, 0.29) is 24.0 Å². The van der Waals surface area contributed by atoms with Gasteiger partial charge in [0.1, 0.15) is 5.75 Å². The third-order valence-electron chi connectivity index (χ3n) is 5.09. The molecule has 0 spiro atoms. The number of carboxylic acid groups (broad SMARTS) is 1. The van der Waals surface area contributed by atoms with Gasteiger partial charge in [0, 0.05) is 19.1 Å². The van der Waals surface area contributed by atoms with E-state index in [1.165, 1.54) is 0 Å². The second kappa shape index (κ2) is 8.74. The molecule has 1 aromatic rings. The summed E-state index contributed by atoms with van der Waals surface area (Å²) < 4.78 is 5.37. The molecule has 1 atom stereocenters. The highest BCUT2D eigenvalue weighted by Gasteiger charge is 2.28. The van der Waals surface area contributed by atoms with Gasteiger partial charge in [-0.25, -0.2) is 4.79 Å². The van der Waals surface area contributed by atoms with Crippen LogP contribution in [0.3, 0.4) is 0 Å². The first-order valence-electron chi connectivity index (χ1n) is 8.80. The minimum atomic E-state index is -0.729. The highest BCUT2D eigenvalue weighted by Crippen LogP contribution is 2.25. The zero-order valence-corrected chi connectivity index (χ0v) is 15.2. The van der Waals surface area contributed by atoms with Gasteiger partial charge in [0.15, 0.2) is 0 Å². The Labute approximate surface area is 149 Å². The summed E-state index contributed by atoms with van der Waals surface area (Å²) >= 11 is 0. The monoisotopic (exact) mass is 348 g/mol. The minimum Gasteiger partial charge on any atom is -0.496 e. The average Bonchev–Trinajstić information content (AvgIpc) is 2.61. The Morgan fingerprint density at radius 1 is 1.28 bits per heavy atom. The maximum absolute atomic E-state index is 12.5. The van der Waals surface area contributed by atoms with Gasteiger partial charge < -0.3 is 20.1 Å². The number of nitrogens with one attached hydrogen (secondary N) is 1. The number of ether oxygens (including phenoxy) is 1. The lowest BCUT2D eigenvalue weighted by Crippen LogP contribution is -2.48. The second-order valence-electron chi connectivity index (χ2n) is 6.81. The van der Waals surface area contributed by atoms with E-state index in [2.05, 4.69) is 5.32 Å². The van der Waals surface area contributed by atoms with Crippen LogP contribution < -0.4 is 10.1 Å². The number of carbonyl (C=O) groups excluding carboxylic acids is 1. The molecule has 25 heavy (non-hydrogen) atoms. The molecule has 0 aliphatic heterocycles. The predicted octanol–water partition coefficient (Wildman–Crippen LogP) is 2.91. The molecule has 1 saturated carbocycles. The Morgan fingerprint density at radius 2 is 1.92 bits per heavy atom. The van der Waals surface area contributed by atoms with E-state index in [0.717, 1.165) is 24.2 Å². The van der Waals surface area contributed by atoms with Crippen LogP contribution in [0.1, 0.15) is 38.2 Å². The van der Waals surface area contributed by atoms with Gasteiger partial charge in [0.2, 0.25) is 0 Å². The van der Waals surface area contributed by atoms with Crippen LogP contribution in [0.15, 0.2) is 24.3 Å². The van der Waals surface area contributed by atoms with E-state index < -0.39 is 5.97 Å².